The van der Waals surface area contributed by atoms with E-state index in [1.807, 2.05) is 37.4 Å². The Bertz CT molecular complexity index is 638. The molecule has 0 aliphatic heterocycles. The molecule has 2 rings (SSSR count). The SMILES string of the molecule is CC(O)CC(C)(C)CNC(=O)Cc1csc(-c2ccccn2)n1. The van der Waals surface area contributed by atoms with Gasteiger partial charge in [0.2, 0.25) is 5.91 Å². The average Bonchev–Trinajstić information content (AvgIpc) is 2.93. The minimum atomic E-state index is -0.374. The van der Waals surface area contributed by atoms with Gasteiger partial charge in [-0.15, -0.1) is 11.3 Å². The lowest BCUT2D eigenvalue weighted by atomic mass is 9.87. The van der Waals surface area contributed by atoms with Gasteiger partial charge in [0.1, 0.15) is 5.01 Å². The summed E-state index contributed by atoms with van der Waals surface area (Å²) in [6, 6.07) is 5.68. The number of rotatable bonds is 7. The molecule has 0 aliphatic rings. The second-order valence-corrected chi connectivity index (χ2v) is 7.39. The maximum atomic E-state index is 12.1. The zero-order valence-electron chi connectivity index (χ0n) is 13.7. The molecular weight excluding hydrogens is 310 g/mol. The number of aromatic nitrogens is 2. The van der Waals surface area contributed by atoms with Crippen LogP contribution < -0.4 is 5.32 Å². The topological polar surface area (TPSA) is 75.1 Å². The van der Waals surface area contributed by atoms with Crippen LogP contribution in [0.3, 0.4) is 0 Å². The van der Waals surface area contributed by atoms with Crippen molar-refractivity contribution in [3.63, 3.8) is 0 Å². The van der Waals surface area contributed by atoms with Gasteiger partial charge >= 0.3 is 0 Å². The molecule has 1 unspecified atom stereocenters. The van der Waals surface area contributed by atoms with Crippen molar-refractivity contribution in [2.75, 3.05) is 6.54 Å². The fourth-order valence-electron chi connectivity index (χ4n) is 2.43. The fourth-order valence-corrected chi connectivity index (χ4v) is 3.23. The molecular formula is C17H23N3O2S. The Morgan fingerprint density at radius 2 is 2.22 bits per heavy atom. The van der Waals surface area contributed by atoms with E-state index in [1.165, 1.54) is 11.3 Å². The van der Waals surface area contributed by atoms with Gasteiger partial charge in [-0.25, -0.2) is 4.98 Å². The third kappa shape index (κ3) is 5.73. The molecule has 0 spiro atoms. The van der Waals surface area contributed by atoms with Gasteiger partial charge in [0.05, 0.1) is 23.9 Å². The second kappa shape index (κ2) is 7.66. The van der Waals surface area contributed by atoms with E-state index in [4.69, 9.17) is 0 Å². The standard InChI is InChI=1S/C17H23N3O2S/c1-12(21)9-17(2,3)11-19-15(22)8-13-10-23-16(20-13)14-6-4-5-7-18-14/h4-7,10,12,21H,8-9,11H2,1-3H3,(H,19,22). The molecule has 23 heavy (non-hydrogen) atoms. The average molecular weight is 333 g/mol. The molecule has 1 amide bonds. The van der Waals surface area contributed by atoms with Crippen LogP contribution >= 0.6 is 11.3 Å². The number of nitrogens with one attached hydrogen (secondary N) is 1. The molecule has 124 valence electrons. The lowest BCUT2D eigenvalue weighted by molar-refractivity contribution is -0.121. The van der Waals surface area contributed by atoms with E-state index in [0.29, 0.717) is 13.0 Å². The summed E-state index contributed by atoms with van der Waals surface area (Å²) >= 11 is 1.49. The van der Waals surface area contributed by atoms with Gasteiger partial charge in [0.15, 0.2) is 0 Å². The van der Waals surface area contributed by atoms with Crippen LogP contribution in [0.5, 0.6) is 0 Å². The van der Waals surface area contributed by atoms with Crippen LogP contribution in [0.2, 0.25) is 0 Å². The summed E-state index contributed by atoms with van der Waals surface area (Å²) in [6.45, 7) is 6.36. The van der Waals surface area contributed by atoms with Crippen LogP contribution in [0.15, 0.2) is 29.8 Å². The highest BCUT2D eigenvalue weighted by Gasteiger charge is 2.21. The Morgan fingerprint density at radius 3 is 2.87 bits per heavy atom. The minimum Gasteiger partial charge on any atom is -0.393 e. The number of carbonyl (C=O) groups is 1. The number of carbonyl (C=O) groups excluding carboxylic acids is 1. The van der Waals surface area contributed by atoms with Gasteiger partial charge in [-0.3, -0.25) is 9.78 Å². The van der Waals surface area contributed by atoms with E-state index in [1.54, 1.807) is 13.1 Å². The number of pyridine rings is 1. The van der Waals surface area contributed by atoms with E-state index in [-0.39, 0.29) is 23.8 Å². The summed E-state index contributed by atoms with van der Waals surface area (Å²) in [5, 5.41) is 15.1. The Hall–Kier alpha value is -1.79. The predicted octanol–water partition coefficient (Wildman–Crippen LogP) is 2.66. The van der Waals surface area contributed by atoms with Crippen LogP contribution in [-0.2, 0) is 11.2 Å². The minimum absolute atomic E-state index is 0.0541. The molecule has 5 nitrogen and oxygen atoms in total. The normalized spacial score (nSPS) is 12.9. The lowest BCUT2D eigenvalue weighted by Gasteiger charge is -2.26. The molecule has 2 N–H and O–H groups in total. The smallest absolute Gasteiger partial charge is 0.226 e. The third-order valence-electron chi connectivity index (χ3n) is 3.39. The monoisotopic (exact) mass is 333 g/mol. The maximum absolute atomic E-state index is 12.1. The number of thiazole rings is 1. The zero-order chi connectivity index (χ0) is 16.9. The van der Waals surface area contributed by atoms with Crippen LogP contribution in [0.4, 0.5) is 0 Å². The second-order valence-electron chi connectivity index (χ2n) is 6.53. The van der Waals surface area contributed by atoms with Gasteiger partial charge in [-0.1, -0.05) is 19.9 Å². The van der Waals surface area contributed by atoms with Gasteiger partial charge in [-0.05, 0) is 30.9 Å². The molecule has 1 atom stereocenters. The van der Waals surface area contributed by atoms with Gasteiger partial charge in [-0.2, -0.15) is 0 Å². The Morgan fingerprint density at radius 1 is 1.43 bits per heavy atom. The van der Waals surface area contributed by atoms with Crippen molar-refractivity contribution in [2.24, 2.45) is 5.41 Å². The van der Waals surface area contributed by atoms with Crippen molar-refractivity contribution in [1.82, 2.24) is 15.3 Å². The summed E-state index contributed by atoms with van der Waals surface area (Å²) in [5.74, 6) is -0.0541. The first-order valence-electron chi connectivity index (χ1n) is 7.66. The van der Waals surface area contributed by atoms with E-state index < -0.39 is 0 Å². The number of aliphatic hydroxyl groups excluding tert-OH is 1. The molecule has 0 radical (unpaired) electrons. The maximum Gasteiger partial charge on any atom is 0.226 e. The first-order valence-corrected chi connectivity index (χ1v) is 8.54. The molecule has 0 saturated heterocycles. The van der Waals surface area contributed by atoms with E-state index in [0.717, 1.165) is 16.4 Å². The summed E-state index contributed by atoms with van der Waals surface area (Å²) in [7, 11) is 0. The highest BCUT2D eigenvalue weighted by atomic mass is 32.1. The van der Waals surface area contributed by atoms with E-state index >= 15 is 0 Å². The molecule has 0 aromatic carbocycles. The van der Waals surface area contributed by atoms with Crippen LogP contribution in [-0.4, -0.2) is 33.6 Å². The Balaban J connectivity index is 1.88. The van der Waals surface area contributed by atoms with Crippen LogP contribution in [0.25, 0.3) is 10.7 Å². The molecule has 0 saturated carbocycles. The molecule has 0 aliphatic carbocycles. The summed E-state index contributed by atoms with van der Waals surface area (Å²) in [4.78, 5) is 20.8. The fraction of sp³-hybridized carbons (Fsp3) is 0.471. The van der Waals surface area contributed by atoms with E-state index in [2.05, 4.69) is 15.3 Å². The Labute approximate surface area is 140 Å². The van der Waals surface area contributed by atoms with Crippen molar-refractivity contribution in [3.8, 4) is 10.7 Å². The van der Waals surface area contributed by atoms with E-state index in [9.17, 15) is 9.90 Å². The molecule has 0 fully saturated rings. The quantitative estimate of drug-likeness (QED) is 0.817. The molecule has 0 bridgehead atoms. The number of hydrogen-bond acceptors (Lipinski definition) is 5. The number of nitrogens with zero attached hydrogens (tertiary/aromatic N) is 2. The highest BCUT2D eigenvalue weighted by molar-refractivity contribution is 7.13. The van der Waals surface area contributed by atoms with Crippen molar-refractivity contribution in [1.29, 1.82) is 0 Å². The highest BCUT2D eigenvalue weighted by Crippen LogP contribution is 2.22. The summed E-state index contributed by atoms with van der Waals surface area (Å²) in [6.07, 6.45) is 2.26. The molecule has 2 aromatic rings. The van der Waals surface area contributed by atoms with Crippen LogP contribution in [0.1, 0.15) is 32.9 Å². The summed E-state index contributed by atoms with van der Waals surface area (Å²) < 4.78 is 0. The van der Waals surface area contributed by atoms with Gasteiger partial charge < -0.3 is 10.4 Å². The third-order valence-corrected chi connectivity index (χ3v) is 4.30. The Kier molecular flexibility index (Phi) is 5.85. The zero-order valence-corrected chi connectivity index (χ0v) is 14.6. The van der Waals surface area contributed by atoms with Crippen LogP contribution in [0, 0.1) is 5.41 Å². The van der Waals surface area contributed by atoms with Gasteiger partial charge in [0.25, 0.3) is 0 Å². The number of hydrogen-bond donors (Lipinski definition) is 2. The van der Waals surface area contributed by atoms with Crippen molar-refractivity contribution in [3.05, 3.63) is 35.5 Å². The predicted molar refractivity (Wildman–Crippen MR) is 92.1 cm³/mol. The molecule has 2 aromatic heterocycles. The first kappa shape index (κ1) is 17.6. The van der Waals surface area contributed by atoms with Crippen molar-refractivity contribution >= 4 is 17.2 Å². The first-order chi connectivity index (χ1) is 10.9. The number of amides is 1. The summed E-state index contributed by atoms with van der Waals surface area (Å²) in [5.41, 5.74) is 1.44. The lowest BCUT2D eigenvalue weighted by Crippen LogP contribution is -2.36. The van der Waals surface area contributed by atoms with Crippen molar-refractivity contribution in [2.45, 2.75) is 39.7 Å². The van der Waals surface area contributed by atoms with Crippen molar-refractivity contribution < 1.29 is 9.90 Å². The van der Waals surface area contributed by atoms with Gasteiger partial charge in [0, 0.05) is 18.1 Å². The molecule has 6 heteroatoms. The number of aliphatic hydroxyl groups is 1. The molecule has 2 heterocycles. The largest absolute Gasteiger partial charge is 0.393 e.